The molecule has 1 saturated heterocycles. The lowest BCUT2D eigenvalue weighted by atomic mass is 9.89. The fourth-order valence-electron chi connectivity index (χ4n) is 2.74. The van der Waals surface area contributed by atoms with Crippen LogP contribution in [0.25, 0.3) is 0 Å². The second-order valence-electron chi connectivity index (χ2n) is 5.77. The number of carbonyl (C=O) groups is 1. The van der Waals surface area contributed by atoms with Gasteiger partial charge >= 0.3 is 0 Å². The van der Waals surface area contributed by atoms with Crippen LogP contribution in [0, 0.1) is 23.2 Å². The topological polar surface area (TPSA) is 57.0 Å². The molecule has 1 aliphatic heterocycles. The number of amides is 1. The Bertz CT molecular complexity index is 501. The van der Waals surface area contributed by atoms with Crippen LogP contribution in [0.2, 0.25) is 0 Å². The second-order valence-corrected chi connectivity index (χ2v) is 5.77. The number of nitrogens with zero attached hydrogens (tertiary/aromatic N) is 3. The number of hydrogen-bond donors (Lipinski definition) is 0. The largest absolute Gasteiger partial charge is 0.337 e. The van der Waals surface area contributed by atoms with Crippen molar-refractivity contribution < 1.29 is 4.79 Å². The van der Waals surface area contributed by atoms with Crippen LogP contribution in [0.15, 0.2) is 18.3 Å². The molecule has 0 spiro atoms. The Morgan fingerprint density at radius 2 is 2.20 bits per heavy atom. The molecule has 4 nitrogen and oxygen atoms in total. The Morgan fingerprint density at radius 1 is 1.40 bits per heavy atom. The van der Waals surface area contributed by atoms with Gasteiger partial charge in [0, 0.05) is 19.3 Å². The van der Waals surface area contributed by atoms with Crippen molar-refractivity contribution in [1.82, 2.24) is 9.88 Å². The summed E-state index contributed by atoms with van der Waals surface area (Å²) in [5, 5.41) is 8.75. The maximum absolute atomic E-state index is 12.4. The van der Waals surface area contributed by atoms with Gasteiger partial charge in [-0.25, -0.2) is 4.98 Å². The molecule has 4 heteroatoms. The summed E-state index contributed by atoms with van der Waals surface area (Å²) in [4.78, 5) is 18.4. The van der Waals surface area contributed by atoms with Gasteiger partial charge in [0.15, 0.2) is 0 Å². The zero-order valence-electron chi connectivity index (χ0n) is 12.2. The van der Waals surface area contributed by atoms with Crippen LogP contribution in [0.1, 0.15) is 49.2 Å². The number of pyridine rings is 1. The molecule has 1 aromatic rings. The number of carbonyl (C=O) groups excluding carboxylic acids is 1. The monoisotopic (exact) mass is 271 g/mol. The van der Waals surface area contributed by atoms with Gasteiger partial charge < -0.3 is 4.90 Å². The average molecular weight is 271 g/mol. The molecular weight excluding hydrogens is 250 g/mol. The molecule has 0 radical (unpaired) electrons. The first kappa shape index (κ1) is 14.5. The third-order valence-corrected chi connectivity index (χ3v) is 4.11. The van der Waals surface area contributed by atoms with Crippen LogP contribution >= 0.6 is 0 Å². The van der Waals surface area contributed by atoms with Gasteiger partial charge in [-0.15, -0.1) is 0 Å². The first-order valence-corrected chi connectivity index (χ1v) is 7.27. The molecule has 1 aliphatic rings. The summed E-state index contributed by atoms with van der Waals surface area (Å²) in [6.45, 7) is 6.13. The first-order chi connectivity index (χ1) is 9.61. The molecule has 1 unspecified atom stereocenters. The number of aromatic nitrogens is 1. The molecule has 0 aromatic carbocycles. The summed E-state index contributed by atoms with van der Waals surface area (Å²) in [6.07, 6.45) is 4.79. The molecule has 0 bridgehead atoms. The lowest BCUT2D eigenvalue weighted by Gasteiger charge is -2.21. The molecule has 0 aliphatic carbocycles. The zero-order chi connectivity index (χ0) is 14.5. The summed E-state index contributed by atoms with van der Waals surface area (Å²) in [5.41, 5.74) is 0.921. The smallest absolute Gasteiger partial charge is 0.272 e. The number of nitriles is 1. The van der Waals surface area contributed by atoms with Gasteiger partial charge in [-0.05, 0) is 43.2 Å². The van der Waals surface area contributed by atoms with E-state index in [0.717, 1.165) is 25.9 Å². The second kappa shape index (κ2) is 6.51. The zero-order valence-corrected chi connectivity index (χ0v) is 12.2. The SMILES string of the molecule is CC(C)C1CCCN(C(=O)c2ccc(C#N)cn2)CC1. The Labute approximate surface area is 120 Å². The first-order valence-electron chi connectivity index (χ1n) is 7.27. The molecule has 20 heavy (non-hydrogen) atoms. The maximum Gasteiger partial charge on any atom is 0.272 e. The summed E-state index contributed by atoms with van der Waals surface area (Å²) in [5.74, 6) is 1.37. The molecule has 1 aromatic heterocycles. The predicted molar refractivity (Wildman–Crippen MR) is 77.0 cm³/mol. The van der Waals surface area contributed by atoms with Crippen molar-refractivity contribution in [2.75, 3.05) is 13.1 Å². The highest BCUT2D eigenvalue weighted by molar-refractivity contribution is 5.92. The summed E-state index contributed by atoms with van der Waals surface area (Å²) in [6, 6.07) is 5.31. The van der Waals surface area contributed by atoms with Crippen LogP contribution in [-0.4, -0.2) is 28.9 Å². The van der Waals surface area contributed by atoms with Crippen molar-refractivity contribution in [1.29, 1.82) is 5.26 Å². The van der Waals surface area contributed by atoms with Gasteiger partial charge in [-0.2, -0.15) is 5.26 Å². The van der Waals surface area contributed by atoms with Crippen molar-refractivity contribution in [3.63, 3.8) is 0 Å². The van der Waals surface area contributed by atoms with Crippen molar-refractivity contribution in [2.24, 2.45) is 11.8 Å². The van der Waals surface area contributed by atoms with E-state index in [1.807, 2.05) is 11.0 Å². The third-order valence-electron chi connectivity index (χ3n) is 4.11. The van der Waals surface area contributed by atoms with Crippen LogP contribution in [0.3, 0.4) is 0 Å². The van der Waals surface area contributed by atoms with Crippen molar-refractivity contribution in [2.45, 2.75) is 33.1 Å². The van der Waals surface area contributed by atoms with Crippen molar-refractivity contribution in [3.05, 3.63) is 29.6 Å². The van der Waals surface area contributed by atoms with E-state index in [4.69, 9.17) is 5.26 Å². The number of hydrogen-bond acceptors (Lipinski definition) is 3. The van der Waals surface area contributed by atoms with E-state index in [1.54, 1.807) is 12.1 Å². The van der Waals surface area contributed by atoms with E-state index in [0.29, 0.717) is 23.1 Å². The predicted octanol–water partition coefficient (Wildman–Crippen LogP) is 2.85. The minimum absolute atomic E-state index is 0.0149. The fraction of sp³-hybridized carbons (Fsp3) is 0.562. The normalized spacial score (nSPS) is 19.5. The van der Waals surface area contributed by atoms with E-state index >= 15 is 0 Å². The Hall–Kier alpha value is -1.89. The van der Waals surface area contributed by atoms with E-state index in [2.05, 4.69) is 18.8 Å². The summed E-state index contributed by atoms with van der Waals surface area (Å²) in [7, 11) is 0. The molecule has 0 N–H and O–H groups in total. The molecule has 1 atom stereocenters. The third kappa shape index (κ3) is 3.36. The minimum atomic E-state index is -0.0149. The van der Waals surface area contributed by atoms with Gasteiger partial charge in [-0.1, -0.05) is 13.8 Å². The van der Waals surface area contributed by atoms with Gasteiger partial charge in [0.05, 0.1) is 5.56 Å². The van der Waals surface area contributed by atoms with Crippen molar-refractivity contribution >= 4 is 5.91 Å². The van der Waals surface area contributed by atoms with E-state index in [-0.39, 0.29) is 5.91 Å². The van der Waals surface area contributed by atoms with Crippen molar-refractivity contribution in [3.8, 4) is 6.07 Å². The van der Waals surface area contributed by atoms with Crippen LogP contribution < -0.4 is 0 Å². The molecule has 2 heterocycles. The standard InChI is InChI=1S/C16H21N3O/c1-12(2)14-4-3-8-19(9-7-14)16(20)15-6-5-13(10-17)11-18-15/h5-6,11-12,14H,3-4,7-9H2,1-2H3. The maximum atomic E-state index is 12.4. The quantitative estimate of drug-likeness (QED) is 0.831. The average Bonchev–Trinajstić information content (AvgIpc) is 2.72. The molecule has 1 amide bonds. The number of rotatable bonds is 2. The molecule has 106 valence electrons. The molecule has 0 saturated carbocycles. The van der Waals surface area contributed by atoms with E-state index in [1.165, 1.54) is 12.6 Å². The van der Waals surface area contributed by atoms with E-state index in [9.17, 15) is 4.79 Å². The summed E-state index contributed by atoms with van der Waals surface area (Å²) < 4.78 is 0. The highest BCUT2D eigenvalue weighted by Gasteiger charge is 2.23. The highest BCUT2D eigenvalue weighted by atomic mass is 16.2. The van der Waals surface area contributed by atoms with Crippen LogP contribution in [0.5, 0.6) is 0 Å². The minimum Gasteiger partial charge on any atom is -0.337 e. The summed E-state index contributed by atoms with van der Waals surface area (Å²) >= 11 is 0. The molecule has 1 fully saturated rings. The Morgan fingerprint density at radius 3 is 2.80 bits per heavy atom. The Kier molecular flexibility index (Phi) is 4.73. The van der Waals surface area contributed by atoms with Gasteiger partial charge in [0.25, 0.3) is 5.91 Å². The van der Waals surface area contributed by atoms with Gasteiger partial charge in [-0.3, -0.25) is 4.79 Å². The Balaban J connectivity index is 2.03. The molecular formula is C16H21N3O. The number of likely N-dealkylation sites (tertiary alicyclic amines) is 1. The lowest BCUT2D eigenvalue weighted by Crippen LogP contribution is -2.32. The highest BCUT2D eigenvalue weighted by Crippen LogP contribution is 2.25. The van der Waals surface area contributed by atoms with Gasteiger partial charge in [0.1, 0.15) is 11.8 Å². The molecule has 2 rings (SSSR count). The van der Waals surface area contributed by atoms with Crippen LogP contribution in [0.4, 0.5) is 0 Å². The van der Waals surface area contributed by atoms with Gasteiger partial charge in [0.2, 0.25) is 0 Å². The fourth-order valence-corrected chi connectivity index (χ4v) is 2.74. The van der Waals surface area contributed by atoms with E-state index < -0.39 is 0 Å². The lowest BCUT2D eigenvalue weighted by molar-refractivity contribution is 0.0753. The van der Waals surface area contributed by atoms with Crippen LogP contribution in [-0.2, 0) is 0 Å².